The molecule has 3 aromatic rings. The summed E-state index contributed by atoms with van der Waals surface area (Å²) < 4.78 is 28.9. The largest absolute Gasteiger partial charge is 0.478 e. The van der Waals surface area contributed by atoms with Gasteiger partial charge in [0, 0.05) is 11.6 Å². The van der Waals surface area contributed by atoms with Crippen LogP contribution in [0.25, 0.3) is 22.5 Å². The Morgan fingerprint density at radius 1 is 0.828 bits per heavy atom. The van der Waals surface area contributed by atoms with Crippen LogP contribution in [0.2, 0.25) is 0 Å². The maximum atomic E-state index is 14.6. The summed E-state index contributed by atoms with van der Waals surface area (Å²) in [5.74, 6) is -0.262. The first-order valence-electron chi connectivity index (χ1n) is 10.5. The van der Waals surface area contributed by atoms with E-state index in [4.69, 9.17) is 4.74 Å². The molecule has 0 bridgehead atoms. The smallest absolute Gasteiger partial charge is 0.225 e. The molecular formula is C23H28FN3OS. The monoisotopic (exact) mass is 413 g/mol. The Kier molecular flexibility index (Phi) is 8.56. The summed E-state index contributed by atoms with van der Waals surface area (Å²) in [5.41, 5.74) is 2.44. The molecule has 6 heteroatoms. The molecule has 4 nitrogen and oxygen atoms in total. The van der Waals surface area contributed by atoms with Crippen LogP contribution in [0.4, 0.5) is 4.39 Å². The minimum Gasteiger partial charge on any atom is -0.478 e. The number of hydrogen-bond donors (Lipinski definition) is 0. The first-order chi connectivity index (χ1) is 14.3. The average molecular weight is 414 g/mol. The van der Waals surface area contributed by atoms with Crippen LogP contribution in [0, 0.1) is 5.95 Å². The van der Waals surface area contributed by atoms with Gasteiger partial charge >= 0.3 is 0 Å². The molecule has 0 aliphatic carbocycles. The van der Waals surface area contributed by atoms with Gasteiger partial charge in [-0.05, 0) is 12.5 Å². The van der Waals surface area contributed by atoms with E-state index in [1.54, 1.807) is 12.1 Å². The number of rotatable bonds is 12. The highest BCUT2D eigenvalue weighted by molar-refractivity contribution is 6.99. The second-order valence-electron chi connectivity index (χ2n) is 7.14. The molecule has 0 spiro atoms. The van der Waals surface area contributed by atoms with Crippen molar-refractivity contribution in [1.82, 2.24) is 13.7 Å². The summed E-state index contributed by atoms with van der Waals surface area (Å²) in [6, 6.07) is 13.0. The molecule has 2 aromatic heterocycles. The highest BCUT2D eigenvalue weighted by atomic mass is 32.1. The van der Waals surface area contributed by atoms with E-state index in [1.807, 2.05) is 30.3 Å². The van der Waals surface area contributed by atoms with E-state index >= 15 is 0 Å². The fourth-order valence-electron chi connectivity index (χ4n) is 3.24. The number of aromatic nitrogens is 3. The van der Waals surface area contributed by atoms with Gasteiger partial charge in [-0.15, -0.1) is 0 Å². The van der Waals surface area contributed by atoms with Crippen LogP contribution in [0.15, 0.2) is 42.5 Å². The number of nitrogens with zero attached hydrogens (tertiary/aromatic N) is 3. The fraction of sp³-hybridized carbons (Fsp3) is 0.435. The zero-order valence-electron chi connectivity index (χ0n) is 16.9. The molecule has 0 saturated heterocycles. The van der Waals surface area contributed by atoms with Gasteiger partial charge in [-0.25, -0.2) is 0 Å². The molecule has 0 N–H and O–H groups in total. The van der Waals surface area contributed by atoms with E-state index < -0.39 is 5.95 Å². The maximum Gasteiger partial charge on any atom is 0.225 e. The first kappa shape index (κ1) is 21.4. The van der Waals surface area contributed by atoms with Crippen molar-refractivity contribution in [2.24, 2.45) is 0 Å². The van der Waals surface area contributed by atoms with E-state index in [0.29, 0.717) is 29.4 Å². The fourth-order valence-corrected chi connectivity index (χ4v) is 3.82. The molecule has 0 aliphatic rings. The lowest BCUT2D eigenvalue weighted by Crippen LogP contribution is -2.01. The van der Waals surface area contributed by atoms with Gasteiger partial charge in [-0.3, -0.25) is 0 Å². The van der Waals surface area contributed by atoms with Crippen molar-refractivity contribution in [3.8, 4) is 28.4 Å². The van der Waals surface area contributed by atoms with Gasteiger partial charge in [0.15, 0.2) is 0 Å². The third kappa shape index (κ3) is 6.32. The van der Waals surface area contributed by atoms with Crippen molar-refractivity contribution >= 4 is 11.7 Å². The van der Waals surface area contributed by atoms with Gasteiger partial charge in [-0.2, -0.15) is 18.1 Å². The lowest BCUT2D eigenvalue weighted by Gasteiger charge is -2.07. The summed E-state index contributed by atoms with van der Waals surface area (Å²) in [6.07, 6.45) is 9.88. The molecule has 0 atom stereocenters. The molecule has 0 unspecified atom stereocenters. The van der Waals surface area contributed by atoms with Crippen molar-refractivity contribution in [1.29, 1.82) is 0 Å². The third-order valence-electron chi connectivity index (χ3n) is 4.86. The molecule has 0 radical (unpaired) electrons. The molecule has 0 saturated carbocycles. The minimum absolute atomic E-state index is 0.318. The SMILES string of the molecule is CCCCCCCCCCOc1ccc(-c2nsnc2-c2ccccc2)c(F)n1. The third-order valence-corrected chi connectivity index (χ3v) is 5.39. The molecule has 29 heavy (non-hydrogen) atoms. The van der Waals surface area contributed by atoms with E-state index in [0.717, 1.165) is 30.1 Å². The van der Waals surface area contributed by atoms with Crippen LogP contribution >= 0.6 is 11.7 Å². The van der Waals surface area contributed by atoms with Crippen molar-refractivity contribution in [3.05, 3.63) is 48.4 Å². The predicted octanol–water partition coefficient (Wildman–Crippen LogP) is 6.93. The molecule has 2 heterocycles. The minimum atomic E-state index is -0.580. The number of halogens is 1. The molecule has 0 aliphatic heterocycles. The Balaban J connectivity index is 1.51. The topological polar surface area (TPSA) is 47.9 Å². The van der Waals surface area contributed by atoms with Crippen LogP contribution in [-0.4, -0.2) is 20.3 Å². The molecule has 154 valence electrons. The molecule has 1 aromatic carbocycles. The summed E-state index contributed by atoms with van der Waals surface area (Å²) in [6.45, 7) is 2.80. The second-order valence-corrected chi connectivity index (χ2v) is 7.67. The van der Waals surface area contributed by atoms with E-state index in [9.17, 15) is 4.39 Å². The lowest BCUT2D eigenvalue weighted by atomic mass is 10.1. The van der Waals surface area contributed by atoms with Crippen molar-refractivity contribution < 1.29 is 9.13 Å². The van der Waals surface area contributed by atoms with Gasteiger partial charge in [-0.1, -0.05) is 82.2 Å². The molecular weight excluding hydrogens is 385 g/mol. The number of unbranched alkanes of at least 4 members (excludes halogenated alkanes) is 7. The summed E-state index contributed by atoms with van der Waals surface area (Å²) >= 11 is 1.07. The number of ether oxygens (including phenoxy) is 1. The second kappa shape index (κ2) is 11.6. The van der Waals surface area contributed by atoms with Crippen LogP contribution < -0.4 is 4.74 Å². The van der Waals surface area contributed by atoms with Crippen molar-refractivity contribution in [2.75, 3.05) is 6.61 Å². The predicted molar refractivity (Wildman–Crippen MR) is 117 cm³/mol. The average Bonchev–Trinajstić information content (AvgIpc) is 3.23. The van der Waals surface area contributed by atoms with Crippen molar-refractivity contribution in [2.45, 2.75) is 58.3 Å². The van der Waals surface area contributed by atoms with E-state index in [1.165, 1.54) is 38.5 Å². The zero-order chi connectivity index (χ0) is 20.3. The van der Waals surface area contributed by atoms with Gasteiger partial charge in [0.2, 0.25) is 11.8 Å². The Morgan fingerprint density at radius 2 is 1.52 bits per heavy atom. The van der Waals surface area contributed by atoms with Crippen LogP contribution in [-0.2, 0) is 0 Å². The van der Waals surface area contributed by atoms with Crippen LogP contribution in [0.5, 0.6) is 5.88 Å². The number of pyridine rings is 1. The van der Waals surface area contributed by atoms with E-state index in [-0.39, 0.29) is 0 Å². The molecule has 0 amide bonds. The standard InChI is InChI=1S/C23H28FN3OS/c1-2-3-4-5-6-7-8-12-17-28-20-16-15-19(23(24)25-20)22-21(26-29-27-22)18-13-10-9-11-14-18/h9-11,13-16H,2-8,12,17H2,1H3. The van der Waals surface area contributed by atoms with Gasteiger partial charge in [0.05, 0.1) is 23.9 Å². The van der Waals surface area contributed by atoms with Gasteiger partial charge < -0.3 is 4.74 Å². The first-order valence-corrected chi connectivity index (χ1v) is 11.2. The normalized spacial score (nSPS) is 11.0. The Bertz CT molecular complexity index is 870. The Hall–Kier alpha value is -2.34. The molecule has 3 rings (SSSR count). The van der Waals surface area contributed by atoms with Crippen LogP contribution in [0.3, 0.4) is 0 Å². The highest BCUT2D eigenvalue weighted by Gasteiger charge is 2.17. The van der Waals surface area contributed by atoms with Gasteiger partial charge in [0.25, 0.3) is 0 Å². The molecule has 0 fully saturated rings. The summed E-state index contributed by atoms with van der Waals surface area (Å²) in [7, 11) is 0. The van der Waals surface area contributed by atoms with E-state index in [2.05, 4.69) is 20.7 Å². The lowest BCUT2D eigenvalue weighted by molar-refractivity contribution is 0.289. The number of benzene rings is 1. The highest BCUT2D eigenvalue weighted by Crippen LogP contribution is 2.32. The summed E-state index contributed by atoms with van der Waals surface area (Å²) in [4.78, 5) is 3.98. The van der Waals surface area contributed by atoms with Gasteiger partial charge in [0.1, 0.15) is 11.4 Å². The maximum absolute atomic E-state index is 14.6. The number of hydrogen-bond acceptors (Lipinski definition) is 5. The van der Waals surface area contributed by atoms with Crippen molar-refractivity contribution in [3.63, 3.8) is 0 Å². The Morgan fingerprint density at radius 3 is 2.24 bits per heavy atom. The summed E-state index contributed by atoms with van der Waals surface area (Å²) in [5, 5.41) is 0. The van der Waals surface area contributed by atoms with Crippen LogP contribution in [0.1, 0.15) is 58.3 Å². The zero-order valence-corrected chi connectivity index (χ0v) is 17.8. The quantitative estimate of drug-likeness (QED) is 0.239. The Labute approximate surface area is 176 Å².